The molecule has 34 heavy (non-hydrogen) atoms. The van der Waals surface area contributed by atoms with Gasteiger partial charge < -0.3 is 20.4 Å². The molecule has 2 aromatic heterocycles. The standard InChI is InChI=1S/C27H30N4O2S/c1-31-19(14-17-8-9-18(25(28)29)15-22(17)31)10-12-27(11-5-13-30-27)16-21-20-6-3-4-7-23(20)34-24(21)26(32)33-2/h3-4,6-9,14-15,30H,5,10-13,16H2,1-2H3,(H3,28,29)/t27-/m1/s1. The highest BCUT2D eigenvalue weighted by atomic mass is 32.1. The molecule has 0 saturated carbocycles. The Morgan fingerprint density at radius 1 is 1.26 bits per heavy atom. The van der Waals surface area contributed by atoms with Crippen LogP contribution in [0.3, 0.4) is 0 Å². The number of nitrogens with zero attached hydrogens (tertiary/aromatic N) is 1. The lowest BCUT2D eigenvalue weighted by Gasteiger charge is -2.30. The number of nitrogens with two attached hydrogens (primary N) is 1. The van der Waals surface area contributed by atoms with Crippen LogP contribution in [0.15, 0.2) is 48.5 Å². The maximum atomic E-state index is 12.6. The smallest absolute Gasteiger partial charge is 0.348 e. The third kappa shape index (κ3) is 3.99. The van der Waals surface area contributed by atoms with E-state index in [0.717, 1.165) is 75.6 Å². The molecule has 1 aliphatic rings. The summed E-state index contributed by atoms with van der Waals surface area (Å²) >= 11 is 1.53. The predicted octanol–water partition coefficient (Wildman–Crippen LogP) is 4.76. The van der Waals surface area contributed by atoms with Crippen molar-refractivity contribution in [3.8, 4) is 0 Å². The third-order valence-corrected chi connectivity index (χ3v) is 8.42. The van der Waals surface area contributed by atoms with Crippen LogP contribution in [0.2, 0.25) is 0 Å². The molecule has 4 aromatic rings. The van der Waals surface area contributed by atoms with E-state index in [1.165, 1.54) is 24.1 Å². The topological polar surface area (TPSA) is 93.1 Å². The number of thiophene rings is 1. The van der Waals surface area contributed by atoms with Crippen LogP contribution in [0.4, 0.5) is 0 Å². The van der Waals surface area contributed by atoms with Crippen LogP contribution < -0.4 is 11.1 Å². The van der Waals surface area contributed by atoms with Gasteiger partial charge in [-0.3, -0.25) is 5.41 Å². The molecule has 0 bridgehead atoms. The van der Waals surface area contributed by atoms with Crippen LogP contribution in [-0.4, -0.2) is 35.6 Å². The van der Waals surface area contributed by atoms with Crippen molar-refractivity contribution in [2.45, 2.75) is 37.6 Å². The third-order valence-electron chi connectivity index (χ3n) is 7.23. The van der Waals surface area contributed by atoms with Crippen LogP contribution in [0.5, 0.6) is 0 Å². The van der Waals surface area contributed by atoms with Gasteiger partial charge in [-0.2, -0.15) is 0 Å². The summed E-state index contributed by atoms with van der Waals surface area (Å²) in [7, 11) is 3.54. The zero-order valence-electron chi connectivity index (χ0n) is 19.6. The minimum absolute atomic E-state index is 0.0619. The van der Waals surface area contributed by atoms with Crippen molar-refractivity contribution in [1.82, 2.24) is 9.88 Å². The molecule has 0 amide bonds. The fourth-order valence-electron chi connectivity index (χ4n) is 5.35. The van der Waals surface area contributed by atoms with E-state index in [4.69, 9.17) is 15.9 Å². The molecule has 1 atom stereocenters. The lowest BCUT2D eigenvalue weighted by Crippen LogP contribution is -2.42. The average molecular weight is 475 g/mol. The molecule has 5 rings (SSSR count). The first kappa shape index (κ1) is 22.6. The summed E-state index contributed by atoms with van der Waals surface area (Å²) in [4.78, 5) is 13.3. The number of aryl methyl sites for hydroxylation is 2. The van der Waals surface area contributed by atoms with Gasteiger partial charge in [0.05, 0.1) is 7.11 Å². The number of methoxy groups -OCH3 is 1. The van der Waals surface area contributed by atoms with E-state index in [0.29, 0.717) is 0 Å². The largest absolute Gasteiger partial charge is 0.465 e. The summed E-state index contributed by atoms with van der Waals surface area (Å²) < 4.78 is 8.47. The lowest BCUT2D eigenvalue weighted by molar-refractivity contribution is 0.0605. The Kier molecular flexibility index (Phi) is 5.91. The molecular weight excluding hydrogens is 444 g/mol. The maximum Gasteiger partial charge on any atom is 0.348 e. The molecule has 7 heteroatoms. The summed E-state index contributed by atoms with van der Waals surface area (Å²) in [6.07, 6.45) is 4.91. The number of esters is 1. The SMILES string of the molecule is COC(=O)c1sc2ccccc2c1C[C@]1(CCc2cc3ccc(C(=N)N)cc3n2C)CCCN1. The maximum absolute atomic E-state index is 12.6. The summed E-state index contributed by atoms with van der Waals surface area (Å²) in [6.45, 7) is 0.993. The number of ether oxygens (including phenoxy) is 1. The Bertz CT molecular complexity index is 1390. The van der Waals surface area contributed by atoms with Gasteiger partial charge >= 0.3 is 5.97 Å². The fourth-order valence-corrected chi connectivity index (χ4v) is 6.49. The summed E-state index contributed by atoms with van der Waals surface area (Å²) in [5.41, 5.74) is 9.83. The first-order chi connectivity index (χ1) is 16.4. The Morgan fingerprint density at radius 3 is 2.82 bits per heavy atom. The van der Waals surface area contributed by atoms with Gasteiger partial charge in [-0.25, -0.2) is 4.79 Å². The minimum Gasteiger partial charge on any atom is -0.465 e. The van der Waals surface area contributed by atoms with Gasteiger partial charge in [0.1, 0.15) is 10.7 Å². The van der Waals surface area contributed by atoms with Gasteiger partial charge in [0, 0.05) is 34.1 Å². The van der Waals surface area contributed by atoms with Crippen molar-refractivity contribution < 1.29 is 9.53 Å². The predicted molar refractivity (Wildman–Crippen MR) is 139 cm³/mol. The van der Waals surface area contributed by atoms with Crippen molar-refractivity contribution in [2.75, 3.05) is 13.7 Å². The highest BCUT2D eigenvalue weighted by Gasteiger charge is 2.36. The van der Waals surface area contributed by atoms with Gasteiger partial charge in [-0.05, 0) is 73.2 Å². The van der Waals surface area contributed by atoms with Gasteiger partial charge in [-0.15, -0.1) is 11.3 Å². The van der Waals surface area contributed by atoms with Crippen molar-refractivity contribution in [3.05, 3.63) is 70.2 Å². The molecule has 0 aliphatic carbocycles. The first-order valence-electron chi connectivity index (χ1n) is 11.7. The number of benzene rings is 2. The van der Waals surface area contributed by atoms with Crippen LogP contribution >= 0.6 is 11.3 Å². The Hall–Kier alpha value is -3.16. The zero-order chi connectivity index (χ0) is 23.9. The van der Waals surface area contributed by atoms with Gasteiger partial charge in [0.25, 0.3) is 0 Å². The van der Waals surface area contributed by atoms with E-state index in [2.05, 4.69) is 35.1 Å². The second-order valence-corrected chi connectivity index (χ2v) is 10.3. The molecule has 0 spiro atoms. The molecule has 2 aromatic carbocycles. The monoisotopic (exact) mass is 474 g/mol. The highest BCUT2D eigenvalue weighted by Crippen LogP contribution is 2.38. The summed E-state index contributed by atoms with van der Waals surface area (Å²) in [5.74, 6) is -0.164. The number of carbonyl (C=O) groups is 1. The Balaban J connectivity index is 1.46. The van der Waals surface area contributed by atoms with Gasteiger partial charge in [0.15, 0.2) is 0 Å². The first-order valence-corrected chi connectivity index (χ1v) is 12.5. The molecule has 1 saturated heterocycles. The quantitative estimate of drug-likeness (QED) is 0.205. The Labute approximate surface area is 203 Å². The number of carbonyl (C=O) groups excluding carboxylic acids is 1. The molecule has 1 aliphatic heterocycles. The molecule has 3 heterocycles. The van der Waals surface area contributed by atoms with Crippen LogP contribution in [-0.2, 0) is 24.6 Å². The van der Waals surface area contributed by atoms with E-state index >= 15 is 0 Å². The number of aromatic nitrogens is 1. The number of fused-ring (bicyclic) bond motifs is 2. The second-order valence-electron chi connectivity index (χ2n) is 9.27. The van der Waals surface area contributed by atoms with Crippen LogP contribution in [0, 0.1) is 5.41 Å². The number of nitrogen functional groups attached to an aromatic ring is 1. The highest BCUT2D eigenvalue weighted by molar-refractivity contribution is 7.21. The number of rotatable bonds is 7. The van der Waals surface area contributed by atoms with Crippen LogP contribution in [0.1, 0.15) is 45.8 Å². The van der Waals surface area contributed by atoms with Gasteiger partial charge in [-0.1, -0.05) is 30.3 Å². The van der Waals surface area contributed by atoms with Gasteiger partial charge in [0.2, 0.25) is 0 Å². The summed E-state index contributed by atoms with van der Waals surface area (Å²) in [5, 5.41) is 13.9. The number of amidine groups is 1. The minimum atomic E-state index is -0.251. The number of hydrogen-bond donors (Lipinski definition) is 3. The second kappa shape index (κ2) is 8.89. The number of hydrogen-bond acceptors (Lipinski definition) is 5. The lowest BCUT2D eigenvalue weighted by atomic mass is 9.83. The van der Waals surface area contributed by atoms with Crippen molar-refractivity contribution >= 4 is 44.1 Å². The van der Waals surface area contributed by atoms with Crippen molar-refractivity contribution in [2.24, 2.45) is 12.8 Å². The summed E-state index contributed by atoms with van der Waals surface area (Å²) in [6, 6.07) is 16.4. The fraction of sp³-hybridized carbons (Fsp3) is 0.333. The van der Waals surface area contributed by atoms with E-state index in [1.807, 2.05) is 30.3 Å². The molecule has 1 fully saturated rings. The van der Waals surface area contributed by atoms with Crippen molar-refractivity contribution in [1.29, 1.82) is 5.41 Å². The van der Waals surface area contributed by atoms with E-state index in [1.54, 1.807) is 0 Å². The normalized spacial score (nSPS) is 18.1. The van der Waals surface area contributed by atoms with Crippen molar-refractivity contribution in [3.63, 3.8) is 0 Å². The van der Waals surface area contributed by atoms with Crippen LogP contribution in [0.25, 0.3) is 21.0 Å². The molecule has 6 nitrogen and oxygen atoms in total. The zero-order valence-corrected chi connectivity index (χ0v) is 20.4. The van der Waals surface area contributed by atoms with E-state index in [-0.39, 0.29) is 17.3 Å². The average Bonchev–Trinajstić information content (AvgIpc) is 3.54. The molecule has 0 radical (unpaired) electrons. The van der Waals surface area contributed by atoms with E-state index in [9.17, 15) is 4.79 Å². The molecule has 0 unspecified atom stereocenters. The van der Waals surface area contributed by atoms with E-state index < -0.39 is 0 Å². The number of nitrogens with one attached hydrogen (secondary N) is 2. The molecule has 176 valence electrons. The molecule has 4 N–H and O–H groups in total. The Morgan fingerprint density at radius 2 is 2.09 bits per heavy atom. The molecular formula is C27H30N4O2S.